The van der Waals surface area contributed by atoms with Crippen molar-refractivity contribution in [3.8, 4) is 0 Å². The molecule has 2 fully saturated rings. The van der Waals surface area contributed by atoms with Gasteiger partial charge in [0.1, 0.15) is 0 Å². The minimum atomic E-state index is -0.678. The first kappa shape index (κ1) is 11.9. The molecule has 16 heavy (non-hydrogen) atoms. The Labute approximate surface area is 97.8 Å². The van der Waals surface area contributed by atoms with E-state index >= 15 is 0 Å². The van der Waals surface area contributed by atoms with Gasteiger partial charge in [-0.05, 0) is 44.4 Å². The summed E-state index contributed by atoms with van der Waals surface area (Å²) in [5.74, 6) is 0.983. The van der Waals surface area contributed by atoms with Crippen molar-refractivity contribution in [1.29, 1.82) is 0 Å². The molecule has 0 aromatic heterocycles. The van der Waals surface area contributed by atoms with Gasteiger partial charge in [-0.25, -0.2) is 0 Å². The summed E-state index contributed by atoms with van der Waals surface area (Å²) >= 11 is 0. The van der Waals surface area contributed by atoms with Crippen molar-refractivity contribution in [3.63, 3.8) is 0 Å². The normalized spacial score (nSPS) is 34.6. The first-order valence-corrected chi connectivity index (χ1v) is 6.59. The Balaban J connectivity index is 2.03. The minimum Gasteiger partial charge on any atom is -0.480 e. The summed E-state index contributed by atoms with van der Waals surface area (Å²) in [4.78, 5) is 13.2. The number of carboxylic acid groups (broad SMARTS) is 1. The van der Waals surface area contributed by atoms with E-state index in [9.17, 15) is 4.79 Å². The summed E-state index contributed by atoms with van der Waals surface area (Å²) in [6, 6.07) is 0.949. The van der Waals surface area contributed by atoms with Gasteiger partial charge in [-0.15, -0.1) is 0 Å². The van der Waals surface area contributed by atoms with Gasteiger partial charge >= 0.3 is 5.97 Å². The highest BCUT2D eigenvalue weighted by molar-refractivity contribution is 5.69. The van der Waals surface area contributed by atoms with E-state index in [1.807, 2.05) is 0 Å². The van der Waals surface area contributed by atoms with Gasteiger partial charge in [0.2, 0.25) is 0 Å². The van der Waals surface area contributed by atoms with Gasteiger partial charge in [0.25, 0.3) is 0 Å². The monoisotopic (exact) mass is 225 g/mol. The lowest BCUT2D eigenvalue weighted by atomic mass is 9.92. The predicted molar refractivity (Wildman–Crippen MR) is 63.3 cm³/mol. The molecule has 0 amide bonds. The van der Waals surface area contributed by atoms with Crippen LogP contribution in [0.4, 0.5) is 0 Å². The topological polar surface area (TPSA) is 40.5 Å². The van der Waals surface area contributed by atoms with E-state index in [0.29, 0.717) is 12.1 Å². The molecule has 2 aliphatic rings. The standard InChI is InChI=1S/C13H23NO2/c1-3-9(2)14(8-13(15)16)12-7-10-4-5-11(12)6-10/h9-12H,3-8H2,1-2H3,(H,15,16). The lowest BCUT2D eigenvalue weighted by Gasteiger charge is -2.37. The third kappa shape index (κ3) is 2.24. The van der Waals surface area contributed by atoms with Crippen molar-refractivity contribution in [1.82, 2.24) is 4.90 Å². The average molecular weight is 225 g/mol. The number of aliphatic carboxylic acids is 1. The second-order valence-corrected chi connectivity index (χ2v) is 5.57. The van der Waals surface area contributed by atoms with Crippen LogP contribution in [0.2, 0.25) is 0 Å². The zero-order valence-corrected chi connectivity index (χ0v) is 10.4. The van der Waals surface area contributed by atoms with Gasteiger partial charge < -0.3 is 5.11 Å². The first-order valence-electron chi connectivity index (χ1n) is 6.59. The Bertz CT molecular complexity index is 267. The molecule has 2 bridgehead atoms. The second kappa shape index (κ2) is 4.74. The van der Waals surface area contributed by atoms with Crippen molar-refractivity contribution in [2.75, 3.05) is 6.54 Å². The number of carbonyl (C=O) groups is 1. The Morgan fingerprint density at radius 1 is 1.44 bits per heavy atom. The minimum absolute atomic E-state index is 0.225. The molecule has 0 radical (unpaired) electrons. The van der Waals surface area contributed by atoms with Crippen LogP contribution in [0.3, 0.4) is 0 Å². The quantitative estimate of drug-likeness (QED) is 0.781. The molecule has 0 spiro atoms. The molecule has 1 N–H and O–H groups in total. The third-order valence-corrected chi connectivity index (χ3v) is 4.60. The molecule has 0 heterocycles. The molecule has 2 aliphatic carbocycles. The molecule has 2 rings (SSSR count). The number of rotatable bonds is 5. The van der Waals surface area contributed by atoms with Crippen LogP contribution in [0.15, 0.2) is 0 Å². The fourth-order valence-electron chi connectivity index (χ4n) is 3.61. The van der Waals surface area contributed by atoms with E-state index in [2.05, 4.69) is 18.7 Å². The lowest BCUT2D eigenvalue weighted by Crippen LogP contribution is -2.47. The molecule has 0 aromatic rings. The summed E-state index contributed by atoms with van der Waals surface area (Å²) in [6.07, 6.45) is 6.32. The van der Waals surface area contributed by atoms with Gasteiger partial charge in [-0.3, -0.25) is 9.69 Å². The molecule has 2 saturated carbocycles. The van der Waals surface area contributed by atoms with Gasteiger partial charge in [-0.2, -0.15) is 0 Å². The number of hydrogen-bond acceptors (Lipinski definition) is 2. The van der Waals surface area contributed by atoms with Crippen LogP contribution >= 0.6 is 0 Å². The summed E-state index contributed by atoms with van der Waals surface area (Å²) < 4.78 is 0. The van der Waals surface area contributed by atoms with E-state index in [-0.39, 0.29) is 6.54 Å². The molecular weight excluding hydrogens is 202 g/mol. The maximum Gasteiger partial charge on any atom is 0.317 e. The molecule has 4 unspecified atom stereocenters. The van der Waals surface area contributed by atoms with Crippen molar-refractivity contribution in [2.45, 2.75) is 58.0 Å². The SMILES string of the molecule is CCC(C)N(CC(=O)O)C1CC2CCC1C2. The largest absolute Gasteiger partial charge is 0.480 e. The van der Waals surface area contributed by atoms with Crippen LogP contribution in [0.25, 0.3) is 0 Å². The molecule has 0 aliphatic heterocycles. The molecular formula is C13H23NO2. The fourth-order valence-corrected chi connectivity index (χ4v) is 3.61. The van der Waals surface area contributed by atoms with Gasteiger partial charge in [-0.1, -0.05) is 13.3 Å². The highest BCUT2D eigenvalue weighted by atomic mass is 16.4. The van der Waals surface area contributed by atoms with Crippen LogP contribution in [0.1, 0.15) is 46.0 Å². The average Bonchev–Trinajstić information content (AvgIpc) is 2.86. The molecule has 3 heteroatoms. The van der Waals surface area contributed by atoms with Gasteiger partial charge in [0.05, 0.1) is 6.54 Å². The van der Waals surface area contributed by atoms with Gasteiger partial charge in [0, 0.05) is 12.1 Å². The number of carboxylic acids is 1. The third-order valence-electron chi connectivity index (χ3n) is 4.60. The number of hydrogen-bond donors (Lipinski definition) is 1. The first-order chi connectivity index (χ1) is 7.61. The lowest BCUT2D eigenvalue weighted by molar-refractivity contribution is -0.140. The highest BCUT2D eigenvalue weighted by Crippen LogP contribution is 2.47. The van der Waals surface area contributed by atoms with Crippen LogP contribution < -0.4 is 0 Å². The van der Waals surface area contributed by atoms with E-state index in [1.165, 1.54) is 25.7 Å². The van der Waals surface area contributed by atoms with Crippen molar-refractivity contribution in [3.05, 3.63) is 0 Å². The predicted octanol–water partition coefficient (Wildman–Crippen LogP) is 2.36. The molecule has 0 saturated heterocycles. The summed E-state index contributed by atoms with van der Waals surface area (Å²) in [5, 5.41) is 9.02. The zero-order chi connectivity index (χ0) is 11.7. The van der Waals surface area contributed by atoms with Crippen LogP contribution in [-0.4, -0.2) is 34.6 Å². The summed E-state index contributed by atoms with van der Waals surface area (Å²) in [6.45, 7) is 4.53. The molecule has 92 valence electrons. The maximum atomic E-state index is 11.0. The zero-order valence-electron chi connectivity index (χ0n) is 10.4. The second-order valence-electron chi connectivity index (χ2n) is 5.57. The van der Waals surface area contributed by atoms with E-state index in [4.69, 9.17) is 5.11 Å². The Kier molecular flexibility index (Phi) is 3.53. The Morgan fingerprint density at radius 2 is 2.19 bits per heavy atom. The van der Waals surface area contributed by atoms with Crippen LogP contribution in [-0.2, 0) is 4.79 Å². The van der Waals surface area contributed by atoms with E-state index in [0.717, 1.165) is 18.3 Å². The van der Waals surface area contributed by atoms with Crippen LogP contribution in [0.5, 0.6) is 0 Å². The smallest absolute Gasteiger partial charge is 0.317 e. The molecule has 4 atom stereocenters. The Morgan fingerprint density at radius 3 is 2.62 bits per heavy atom. The van der Waals surface area contributed by atoms with Crippen LogP contribution in [0, 0.1) is 11.8 Å². The molecule has 0 aromatic carbocycles. The van der Waals surface area contributed by atoms with Crippen molar-refractivity contribution in [2.24, 2.45) is 11.8 Å². The number of fused-ring (bicyclic) bond motifs is 2. The molecule has 3 nitrogen and oxygen atoms in total. The summed E-state index contributed by atoms with van der Waals surface area (Å²) in [7, 11) is 0. The number of nitrogens with zero attached hydrogens (tertiary/aromatic N) is 1. The summed E-state index contributed by atoms with van der Waals surface area (Å²) in [5.41, 5.74) is 0. The maximum absolute atomic E-state index is 11.0. The highest BCUT2D eigenvalue weighted by Gasteiger charge is 2.43. The Hall–Kier alpha value is -0.570. The van der Waals surface area contributed by atoms with Crippen molar-refractivity contribution < 1.29 is 9.90 Å². The van der Waals surface area contributed by atoms with E-state index < -0.39 is 5.97 Å². The van der Waals surface area contributed by atoms with Gasteiger partial charge in [0.15, 0.2) is 0 Å². The fraction of sp³-hybridized carbons (Fsp3) is 0.923. The van der Waals surface area contributed by atoms with E-state index in [1.54, 1.807) is 0 Å². The van der Waals surface area contributed by atoms with Crippen molar-refractivity contribution >= 4 is 5.97 Å².